The van der Waals surface area contributed by atoms with E-state index in [0.29, 0.717) is 6.42 Å². The van der Waals surface area contributed by atoms with Gasteiger partial charge in [-0.25, -0.2) is 4.39 Å². The number of hydrogen-bond acceptors (Lipinski definition) is 2. The molecule has 2 rings (SSSR count). The average Bonchev–Trinajstić information content (AvgIpc) is 2.83. The topological polar surface area (TPSA) is 21.3 Å². The van der Waals surface area contributed by atoms with E-state index in [9.17, 15) is 4.39 Å². The molecular formula is C14H20FNO. The summed E-state index contributed by atoms with van der Waals surface area (Å²) in [5.41, 5.74) is -0.218. The molecule has 94 valence electrons. The van der Waals surface area contributed by atoms with E-state index in [-0.39, 0.29) is 5.92 Å². The molecule has 0 saturated carbocycles. The molecule has 1 aromatic rings. The molecule has 1 aliphatic rings. The van der Waals surface area contributed by atoms with Gasteiger partial charge in [-0.1, -0.05) is 18.2 Å². The number of alkyl halides is 1. The highest BCUT2D eigenvalue weighted by molar-refractivity contribution is 5.34. The largest absolute Gasteiger partial charge is 0.496 e. The molecule has 0 spiro atoms. The summed E-state index contributed by atoms with van der Waals surface area (Å²) < 4.78 is 20.0. The number of halogens is 1. The molecule has 2 nitrogen and oxygen atoms in total. The van der Waals surface area contributed by atoms with Gasteiger partial charge in [0.2, 0.25) is 0 Å². The van der Waals surface area contributed by atoms with Gasteiger partial charge in [-0.2, -0.15) is 0 Å². The van der Waals surface area contributed by atoms with Crippen molar-refractivity contribution in [2.45, 2.75) is 25.4 Å². The molecule has 2 unspecified atom stereocenters. The van der Waals surface area contributed by atoms with Crippen LogP contribution in [0.3, 0.4) is 0 Å². The number of rotatable bonds is 4. The van der Waals surface area contributed by atoms with Gasteiger partial charge in [-0.05, 0) is 31.5 Å². The second-order valence-corrected chi connectivity index (χ2v) is 4.96. The Morgan fingerprint density at radius 2 is 2.24 bits per heavy atom. The lowest BCUT2D eigenvalue weighted by molar-refractivity contribution is 0.112. The standard InChI is InChI=1S/C14H20FNO/c1-14(15,12-7-8-16-10-12)9-11-5-3-4-6-13(11)17-2/h3-6,12,16H,7-10H2,1-2H3. The lowest BCUT2D eigenvalue weighted by Gasteiger charge is -2.27. The summed E-state index contributed by atoms with van der Waals surface area (Å²) in [6.07, 6.45) is 1.34. The molecule has 3 heteroatoms. The Morgan fingerprint density at radius 3 is 2.88 bits per heavy atom. The van der Waals surface area contributed by atoms with E-state index < -0.39 is 5.67 Å². The van der Waals surface area contributed by atoms with E-state index in [1.165, 1.54) is 0 Å². The fraction of sp³-hybridized carbons (Fsp3) is 0.571. The fourth-order valence-corrected chi connectivity index (χ4v) is 2.53. The van der Waals surface area contributed by atoms with Crippen molar-refractivity contribution in [2.75, 3.05) is 20.2 Å². The van der Waals surface area contributed by atoms with Crippen molar-refractivity contribution in [3.63, 3.8) is 0 Å². The highest BCUT2D eigenvalue weighted by Crippen LogP contribution is 2.33. The zero-order valence-electron chi connectivity index (χ0n) is 10.5. The smallest absolute Gasteiger partial charge is 0.122 e. The van der Waals surface area contributed by atoms with Crippen molar-refractivity contribution in [1.29, 1.82) is 0 Å². The molecule has 0 radical (unpaired) electrons. The lowest BCUT2D eigenvalue weighted by Crippen LogP contribution is -2.33. The zero-order chi connectivity index (χ0) is 12.3. The SMILES string of the molecule is COc1ccccc1CC(C)(F)C1CCNC1. The third kappa shape index (κ3) is 2.78. The first-order chi connectivity index (χ1) is 8.13. The third-order valence-corrected chi connectivity index (χ3v) is 3.64. The minimum atomic E-state index is -1.17. The minimum Gasteiger partial charge on any atom is -0.496 e. The van der Waals surface area contributed by atoms with Gasteiger partial charge in [-0.3, -0.25) is 0 Å². The average molecular weight is 237 g/mol. The van der Waals surface area contributed by atoms with Gasteiger partial charge >= 0.3 is 0 Å². The van der Waals surface area contributed by atoms with Gasteiger partial charge in [0.05, 0.1) is 7.11 Å². The normalized spacial score (nSPS) is 23.4. The van der Waals surface area contributed by atoms with Crippen LogP contribution in [0.15, 0.2) is 24.3 Å². The van der Waals surface area contributed by atoms with Crippen LogP contribution in [-0.4, -0.2) is 25.9 Å². The molecule has 1 aromatic carbocycles. The summed E-state index contributed by atoms with van der Waals surface area (Å²) in [4.78, 5) is 0. The van der Waals surface area contributed by atoms with Crippen LogP contribution in [0.25, 0.3) is 0 Å². The van der Waals surface area contributed by atoms with Crippen molar-refractivity contribution in [2.24, 2.45) is 5.92 Å². The predicted octanol–water partition coefficient (Wildman–Crippen LogP) is 2.58. The Balaban J connectivity index is 2.13. The van der Waals surface area contributed by atoms with Crippen molar-refractivity contribution in [1.82, 2.24) is 5.32 Å². The third-order valence-electron chi connectivity index (χ3n) is 3.64. The molecule has 17 heavy (non-hydrogen) atoms. The van der Waals surface area contributed by atoms with E-state index in [0.717, 1.165) is 30.8 Å². The monoisotopic (exact) mass is 237 g/mol. The first-order valence-corrected chi connectivity index (χ1v) is 6.15. The highest BCUT2D eigenvalue weighted by atomic mass is 19.1. The Morgan fingerprint density at radius 1 is 1.47 bits per heavy atom. The molecule has 2 atom stereocenters. The molecule has 1 fully saturated rings. The van der Waals surface area contributed by atoms with Gasteiger partial charge in [0.25, 0.3) is 0 Å². The number of nitrogens with one attached hydrogen (secondary N) is 1. The number of para-hydroxylation sites is 1. The van der Waals surface area contributed by atoms with E-state index in [2.05, 4.69) is 5.32 Å². The van der Waals surface area contributed by atoms with Crippen LogP contribution in [0.2, 0.25) is 0 Å². The zero-order valence-corrected chi connectivity index (χ0v) is 10.5. The van der Waals surface area contributed by atoms with E-state index in [1.54, 1.807) is 14.0 Å². The molecule has 1 heterocycles. The summed E-state index contributed by atoms with van der Waals surface area (Å²) in [5, 5.41) is 3.22. The summed E-state index contributed by atoms with van der Waals surface area (Å²) in [5.74, 6) is 0.884. The van der Waals surface area contributed by atoms with Crippen LogP contribution in [0.5, 0.6) is 5.75 Å². The first-order valence-electron chi connectivity index (χ1n) is 6.15. The number of hydrogen-bond donors (Lipinski definition) is 1. The van der Waals surface area contributed by atoms with Crippen LogP contribution in [0, 0.1) is 5.92 Å². The Kier molecular flexibility index (Phi) is 3.67. The molecule has 0 aliphatic carbocycles. The molecule has 0 aromatic heterocycles. The Bertz CT molecular complexity index is 372. The van der Waals surface area contributed by atoms with Crippen LogP contribution in [0.4, 0.5) is 4.39 Å². The van der Waals surface area contributed by atoms with E-state index in [1.807, 2.05) is 24.3 Å². The first kappa shape index (κ1) is 12.4. The van der Waals surface area contributed by atoms with Crippen molar-refractivity contribution >= 4 is 0 Å². The highest BCUT2D eigenvalue weighted by Gasteiger charge is 2.36. The molecule has 1 saturated heterocycles. The van der Waals surface area contributed by atoms with Crippen LogP contribution in [0.1, 0.15) is 18.9 Å². The van der Waals surface area contributed by atoms with Crippen LogP contribution in [-0.2, 0) is 6.42 Å². The number of benzene rings is 1. The second-order valence-electron chi connectivity index (χ2n) is 4.96. The maximum Gasteiger partial charge on any atom is 0.122 e. The van der Waals surface area contributed by atoms with Gasteiger partial charge in [-0.15, -0.1) is 0 Å². The van der Waals surface area contributed by atoms with Crippen molar-refractivity contribution in [3.05, 3.63) is 29.8 Å². The quantitative estimate of drug-likeness (QED) is 0.869. The Labute approximate surface area is 102 Å². The predicted molar refractivity (Wildman–Crippen MR) is 67.2 cm³/mol. The Hall–Kier alpha value is -1.09. The van der Waals surface area contributed by atoms with Gasteiger partial charge in [0.1, 0.15) is 11.4 Å². The van der Waals surface area contributed by atoms with Crippen LogP contribution < -0.4 is 10.1 Å². The summed E-state index contributed by atoms with van der Waals surface area (Å²) in [7, 11) is 1.63. The molecule has 1 N–H and O–H groups in total. The molecule has 0 amide bonds. The van der Waals surface area contributed by atoms with E-state index in [4.69, 9.17) is 4.74 Å². The second kappa shape index (κ2) is 5.05. The number of ether oxygens (including phenoxy) is 1. The maximum atomic E-state index is 14.7. The minimum absolute atomic E-state index is 0.104. The molecule has 0 bridgehead atoms. The lowest BCUT2D eigenvalue weighted by atomic mass is 9.84. The van der Waals surface area contributed by atoms with Crippen molar-refractivity contribution < 1.29 is 9.13 Å². The van der Waals surface area contributed by atoms with E-state index >= 15 is 0 Å². The summed E-state index contributed by atoms with van der Waals surface area (Å²) in [6.45, 7) is 3.41. The maximum absolute atomic E-state index is 14.7. The van der Waals surface area contributed by atoms with Gasteiger partial charge < -0.3 is 10.1 Å². The molecular weight excluding hydrogens is 217 g/mol. The van der Waals surface area contributed by atoms with Gasteiger partial charge in [0, 0.05) is 18.9 Å². The fourth-order valence-electron chi connectivity index (χ4n) is 2.53. The molecule has 1 aliphatic heterocycles. The van der Waals surface area contributed by atoms with Gasteiger partial charge in [0.15, 0.2) is 0 Å². The van der Waals surface area contributed by atoms with Crippen molar-refractivity contribution in [3.8, 4) is 5.75 Å². The summed E-state index contributed by atoms with van der Waals surface area (Å²) in [6, 6.07) is 7.67. The number of methoxy groups -OCH3 is 1. The summed E-state index contributed by atoms with van der Waals surface area (Å²) >= 11 is 0. The van der Waals surface area contributed by atoms with Crippen LogP contribution >= 0.6 is 0 Å².